The maximum Gasteiger partial charge on any atom is 0.221 e. The summed E-state index contributed by atoms with van der Waals surface area (Å²) in [5.41, 5.74) is 6.56. The van der Waals surface area contributed by atoms with Gasteiger partial charge in [0.2, 0.25) is 5.91 Å². The van der Waals surface area contributed by atoms with Crippen LogP contribution in [0.4, 0.5) is 0 Å². The molecule has 0 aliphatic heterocycles. The van der Waals surface area contributed by atoms with E-state index in [1.54, 1.807) is 19.2 Å². The molecule has 0 saturated heterocycles. The van der Waals surface area contributed by atoms with Crippen LogP contribution in [0.2, 0.25) is 0 Å². The monoisotopic (exact) mass is 256 g/mol. The normalized spacial score (nSPS) is 13.1. The third kappa shape index (κ3) is 3.83. The zero-order valence-electron chi connectivity index (χ0n) is 9.80. The van der Waals surface area contributed by atoms with Crippen LogP contribution >= 0.6 is 0 Å². The van der Waals surface area contributed by atoms with Gasteiger partial charge in [0.15, 0.2) is 9.84 Å². The first kappa shape index (κ1) is 13.7. The number of sulfone groups is 1. The summed E-state index contributed by atoms with van der Waals surface area (Å²) in [6.07, 6.45) is 1.32. The van der Waals surface area contributed by atoms with Crippen LogP contribution in [0.1, 0.15) is 18.0 Å². The molecule has 1 amide bonds. The van der Waals surface area contributed by atoms with E-state index in [2.05, 4.69) is 5.32 Å². The Hall–Kier alpha value is -1.40. The lowest BCUT2D eigenvalue weighted by molar-refractivity contribution is -0.120. The molecule has 0 aliphatic carbocycles. The molecule has 1 aromatic rings. The zero-order valence-corrected chi connectivity index (χ0v) is 10.6. The fraction of sp³-hybridized carbons (Fsp3) is 0.364. The van der Waals surface area contributed by atoms with Crippen molar-refractivity contribution in [2.75, 3.05) is 13.3 Å². The van der Waals surface area contributed by atoms with Crippen LogP contribution in [0.15, 0.2) is 29.2 Å². The van der Waals surface area contributed by atoms with Crippen LogP contribution in [-0.2, 0) is 14.6 Å². The number of rotatable bonds is 4. The van der Waals surface area contributed by atoms with Crippen LogP contribution in [0.3, 0.4) is 0 Å². The standard InChI is InChI=1S/C11H16N2O3S/c1-13-11(14)7-10(12)8-3-5-9(6-4-8)17(2,15)16/h3-6,10H,7,12H2,1-2H3,(H,13,14). The molecule has 94 valence electrons. The maximum absolute atomic E-state index is 11.2. The second-order valence-corrected chi connectivity index (χ2v) is 5.84. The van der Waals surface area contributed by atoms with Gasteiger partial charge in [0.1, 0.15) is 0 Å². The van der Waals surface area contributed by atoms with Crippen molar-refractivity contribution in [2.24, 2.45) is 5.73 Å². The van der Waals surface area contributed by atoms with E-state index in [1.165, 1.54) is 12.1 Å². The minimum atomic E-state index is -3.19. The van der Waals surface area contributed by atoms with Gasteiger partial charge >= 0.3 is 0 Å². The summed E-state index contributed by atoms with van der Waals surface area (Å²) in [4.78, 5) is 11.4. The van der Waals surface area contributed by atoms with Crippen LogP contribution in [0.25, 0.3) is 0 Å². The number of carbonyl (C=O) groups excluding carboxylic acids is 1. The van der Waals surface area contributed by atoms with Crippen molar-refractivity contribution in [3.8, 4) is 0 Å². The molecule has 5 nitrogen and oxygen atoms in total. The third-order valence-electron chi connectivity index (χ3n) is 2.42. The minimum Gasteiger partial charge on any atom is -0.359 e. The lowest BCUT2D eigenvalue weighted by Crippen LogP contribution is -2.24. The Morgan fingerprint density at radius 2 is 1.88 bits per heavy atom. The van der Waals surface area contributed by atoms with Crippen molar-refractivity contribution in [2.45, 2.75) is 17.4 Å². The van der Waals surface area contributed by atoms with E-state index < -0.39 is 15.9 Å². The van der Waals surface area contributed by atoms with Crippen LogP contribution in [0.5, 0.6) is 0 Å². The molecule has 1 atom stereocenters. The van der Waals surface area contributed by atoms with Gasteiger partial charge in [-0.05, 0) is 17.7 Å². The summed E-state index contributed by atoms with van der Waals surface area (Å²) in [6, 6.07) is 5.82. The van der Waals surface area contributed by atoms with Gasteiger partial charge in [-0.15, -0.1) is 0 Å². The molecule has 0 aliphatic rings. The van der Waals surface area contributed by atoms with Crippen LogP contribution < -0.4 is 11.1 Å². The van der Waals surface area contributed by atoms with E-state index in [0.717, 1.165) is 11.8 Å². The third-order valence-corrected chi connectivity index (χ3v) is 3.55. The van der Waals surface area contributed by atoms with Gasteiger partial charge in [-0.3, -0.25) is 4.79 Å². The van der Waals surface area contributed by atoms with Gasteiger partial charge in [-0.25, -0.2) is 8.42 Å². The van der Waals surface area contributed by atoms with E-state index >= 15 is 0 Å². The average Bonchev–Trinajstić information content (AvgIpc) is 2.27. The maximum atomic E-state index is 11.2. The highest BCUT2D eigenvalue weighted by atomic mass is 32.2. The molecule has 0 spiro atoms. The Morgan fingerprint density at radius 3 is 2.29 bits per heavy atom. The molecule has 0 fully saturated rings. The predicted molar refractivity (Wildman–Crippen MR) is 65.2 cm³/mol. The number of amides is 1. The van der Waals surface area contributed by atoms with Gasteiger partial charge in [-0.2, -0.15) is 0 Å². The molecular weight excluding hydrogens is 240 g/mol. The van der Waals surface area contributed by atoms with E-state index in [4.69, 9.17) is 5.73 Å². The van der Waals surface area contributed by atoms with Crippen molar-refractivity contribution in [3.05, 3.63) is 29.8 Å². The summed E-state index contributed by atoms with van der Waals surface area (Å²) < 4.78 is 22.5. The number of nitrogens with one attached hydrogen (secondary N) is 1. The SMILES string of the molecule is CNC(=O)CC(N)c1ccc(S(C)(=O)=O)cc1. The first-order chi connectivity index (χ1) is 7.84. The number of nitrogens with two attached hydrogens (primary N) is 1. The van der Waals surface area contributed by atoms with Crippen molar-refractivity contribution in [1.82, 2.24) is 5.32 Å². The summed E-state index contributed by atoms with van der Waals surface area (Å²) in [5, 5.41) is 2.49. The molecule has 1 aromatic carbocycles. The van der Waals surface area contributed by atoms with Gasteiger partial charge < -0.3 is 11.1 Å². The van der Waals surface area contributed by atoms with Crippen LogP contribution in [-0.4, -0.2) is 27.6 Å². The number of hydrogen-bond donors (Lipinski definition) is 2. The molecule has 0 radical (unpaired) electrons. The topological polar surface area (TPSA) is 89.3 Å². The first-order valence-corrected chi connectivity index (χ1v) is 7.00. The number of carbonyl (C=O) groups is 1. The Kier molecular flexibility index (Phi) is 4.25. The van der Waals surface area contributed by atoms with Gasteiger partial charge in [-0.1, -0.05) is 12.1 Å². The Labute approximate surface area is 101 Å². The van der Waals surface area contributed by atoms with E-state index in [0.29, 0.717) is 0 Å². The fourth-order valence-corrected chi connectivity index (χ4v) is 2.01. The molecule has 6 heteroatoms. The summed E-state index contributed by atoms with van der Waals surface area (Å²) in [7, 11) is -1.65. The molecular formula is C11H16N2O3S. The predicted octanol–water partition coefficient (Wildman–Crippen LogP) is 0.226. The second-order valence-electron chi connectivity index (χ2n) is 3.82. The van der Waals surface area contributed by atoms with E-state index in [1.807, 2.05) is 0 Å². The largest absolute Gasteiger partial charge is 0.359 e. The molecule has 0 saturated carbocycles. The Balaban J connectivity index is 2.84. The highest BCUT2D eigenvalue weighted by molar-refractivity contribution is 7.90. The minimum absolute atomic E-state index is 0.148. The van der Waals surface area contributed by atoms with Gasteiger partial charge in [0.05, 0.1) is 4.90 Å². The van der Waals surface area contributed by atoms with Gasteiger partial charge in [0, 0.05) is 25.8 Å². The molecule has 1 unspecified atom stereocenters. The smallest absolute Gasteiger partial charge is 0.221 e. The van der Waals surface area contributed by atoms with Crippen molar-refractivity contribution in [3.63, 3.8) is 0 Å². The highest BCUT2D eigenvalue weighted by Crippen LogP contribution is 2.17. The molecule has 17 heavy (non-hydrogen) atoms. The molecule has 3 N–H and O–H groups in total. The van der Waals surface area contributed by atoms with Crippen molar-refractivity contribution >= 4 is 15.7 Å². The fourth-order valence-electron chi connectivity index (χ4n) is 1.38. The molecule has 0 bridgehead atoms. The number of hydrogen-bond acceptors (Lipinski definition) is 4. The Morgan fingerprint density at radius 1 is 1.35 bits per heavy atom. The first-order valence-electron chi connectivity index (χ1n) is 5.11. The number of benzene rings is 1. The van der Waals surface area contributed by atoms with E-state index in [9.17, 15) is 13.2 Å². The lowest BCUT2D eigenvalue weighted by Gasteiger charge is -2.11. The lowest BCUT2D eigenvalue weighted by atomic mass is 10.0. The summed E-state index contributed by atoms with van der Waals surface area (Å²) in [5.74, 6) is -0.148. The summed E-state index contributed by atoms with van der Waals surface area (Å²) in [6.45, 7) is 0. The molecule has 0 heterocycles. The highest BCUT2D eigenvalue weighted by Gasteiger charge is 2.12. The van der Waals surface area contributed by atoms with E-state index in [-0.39, 0.29) is 17.2 Å². The Bertz CT molecular complexity index is 494. The quantitative estimate of drug-likeness (QED) is 0.806. The zero-order chi connectivity index (χ0) is 13.1. The summed E-state index contributed by atoms with van der Waals surface area (Å²) >= 11 is 0. The molecule has 1 rings (SSSR count). The van der Waals surface area contributed by atoms with Crippen LogP contribution in [0, 0.1) is 0 Å². The van der Waals surface area contributed by atoms with Gasteiger partial charge in [0.25, 0.3) is 0 Å². The van der Waals surface area contributed by atoms with Crippen molar-refractivity contribution < 1.29 is 13.2 Å². The average molecular weight is 256 g/mol. The second kappa shape index (κ2) is 5.29. The molecule has 0 aromatic heterocycles. The van der Waals surface area contributed by atoms with Crippen molar-refractivity contribution in [1.29, 1.82) is 0 Å².